The molecule has 2 amide bonds. The van der Waals surface area contributed by atoms with Crippen LogP contribution in [0, 0.1) is 11.6 Å². The number of aliphatic hydroxyl groups is 1. The smallest absolute Gasteiger partial charge is 0.413 e. The Morgan fingerprint density at radius 3 is 2.65 bits per heavy atom. The maximum Gasteiger partial charge on any atom is 0.413 e. The number of aromatic amines is 1. The van der Waals surface area contributed by atoms with Gasteiger partial charge in [-0.1, -0.05) is 24.3 Å². The number of nitrogens with one attached hydrogen (secondary N) is 1. The van der Waals surface area contributed by atoms with Gasteiger partial charge in [0.2, 0.25) is 5.95 Å². The highest BCUT2D eigenvalue weighted by atomic mass is 79.9. The van der Waals surface area contributed by atoms with E-state index in [0.717, 1.165) is 21.9 Å². The number of carbonyl (C=O) groups is 2. The number of imidazole rings is 1. The molecular formula is C23H15BrF2N4O4. The fourth-order valence-corrected chi connectivity index (χ4v) is 4.52. The van der Waals surface area contributed by atoms with Gasteiger partial charge in [-0.25, -0.2) is 18.6 Å². The number of benzene rings is 3. The van der Waals surface area contributed by atoms with Crippen molar-refractivity contribution in [3.05, 3.63) is 87.4 Å². The zero-order valence-corrected chi connectivity index (χ0v) is 19.0. The minimum Gasteiger partial charge on any atom is -0.465 e. The Labute approximate surface area is 199 Å². The van der Waals surface area contributed by atoms with Crippen molar-refractivity contribution < 1.29 is 28.6 Å². The molecule has 0 saturated carbocycles. The molecule has 1 atom stereocenters. The van der Waals surface area contributed by atoms with Gasteiger partial charge in [0.05, 0.1) is 21.2 Å². The van der Waals surface area contributed by atoms with Crippen LogP contribution in [0.25, 0.3) is 11.0 Å². The lowest BCUT2D eigenvalue weighted by atomic mass is 9.93. The highest BCUT2D eigenvalue weighted by Gasteiger charge is 2.51. The third-order valence-corrected chi connectivity index (χ3v) is 6.33. The molecule has 8 nitrogen and oxygen atoms in total. The van der Waals surface area contributed by atoms with E-state index in [1.807, 2.05) is 0 Å². The highest BCUT2D eigenvalue weighted by Crippen LogP contribution is 2.46. The number of carboxylic acid groups (broad SMARTS) is 1. The van der Waals surface area contributed by atoms with E-state index in [1.165, 1.54) is 31.3 Å². The molecule has 1 aromatic heterocycles. The molecule has 0 bridgehead atoms. The van der Waals surface area contributed by atoms with Crippen molar-refractivity contribution in [1.82, 2.24) is 9.97 Å². The number of fused-ring (bicyclic) bond motifs is 2. The second-order valence-corrected chi connectivity index (χ2v) is 8.57. The number of anilines is 2. The summed E-state index contributed by atoms with van der Waals surface area (Å²) in [6.07, 6.45) is -1.23. The molecule has 2 heterocycles. The molecule has 1 aliphatic rings. The quantitative estimate of drug-likeness (QED) is 0.337. The largest absolute Gasteiger partial charge is 0.465 e. The van der Waals surface area contributed by atoms with Gasteiger partial charge >= 0.3 is 6.09 Å². The topological polar surface area (TPSA) is 110 Å². The molecular weight excluding hydrogens is 514 g/mol. The summed E-state index contributed by atoms with van der Waals surface area (Å²) in [4.78, 5) is 33.4. The Balaban J connectivity index is 1.75. The SMILES string of the molecule is CN(C(=O)O)c1nc2cc(C3(O)c4ccccc4C(=O)N3c3cc(F)cc(Br)c3F)ccc2[nH]1. The van der Waals surface area contributed by atoms with Crippen LogP contribution in [-0.4, -0.2) is 39.2 Å². The fraction of sp³-hybridized carbons (Fsp3) is 0.0870. The van der Waals surface area contributed by atoms with Crippen molar-refractivity contribution in [2.24, 2.45) is 0 Å². The summed E-state index contributed by atoms with van der Waals surface area (Å²) in [6.45, 7) is 0. The van der Waals surface area contributed by atoms with E-state index in [2.05, 4.69) is 25.9 Å². The van der Waals surface area contributed by atoms with Crippen molar-refractivity contribution in [3.63, 3.8) is 0 Å². The van der Waals surface area contributed by atoms with Gasteiger partial charge in [0, 0.05) is 29.8 Å². The lowest BCUT2D eigenvalue weighted by molar-refractivity contribution is 0.0698. The van der Waals surface area contributed by atoms with Crippen LogP contribution in [-0.2, 0) is 5.72 Å². The zero-order valence-electron chi connectivity index (χ0n) is 17.4. The number of H-pyrrole nitrogens is 1. The number of hydrogen-bond acceptors (Lipinski definition) is 4. The average molecular weight is 529 g/mol. The molecule has 0 saturated heterocycles. The first-order chi connectivity index (χ1) is 16.1. The summed E-state index contributed by atoms with van der Waals surface area (Å²) in [5, 5.41) is 21.2. The van der Waals surface area contributed by atoms with Crippen molar-refractivity contribution >= 4 is 50.6 Å². The van der Waals surface area contributed by atoms with E-state index < -0.39 is 35.0 Å². The van der Waals surface area contributed by atoms with Crippen LogP contribution in [0.4, 0.5) is 25.2 Å². The summed E-state index contributed by atoms with van der Waals surface area (Å²) in [5.41, 5.74) is -1.44. The van der Waals surface area contributed by atoms with Gasteiger partial charge in [-0.15, -0.1) is 0 Å². The van der Waals surface area contributed by atoms with E-state index >= 15 is 4.39 Å². The van der Waals surface area contributed by atoms with Crippen LogP contribution in [0.5, 0.6) is 0 Å². The van der Waals surface area contributed by atoms with E-state index in [1.54, 1.807) is 18.2 Å². The van der Waals surface area contributed by atoms with E-state index in [0.29, 0.717) is 11.0 Å². The predicted octanol–water partition coefficient (Wildman–Crippen LogP) is 4.57. The Hall–Kier alpha value is -3.83. The molecule has 0 spiro atoms. The number of amides is 2. The third kappa shape index (κ3) is 3.08. The summed E-state index contributed by atoms with van der Waals surface area (Å²) in [7, 11) is 1.31. The molecule has 1 unspecified atom stereocenters. The Bertz CT molecular complexity index is 1510. The first-order valence-corrected chi connectivity index (χ1v) is 10.7. The van der Waals surface area contributed by atoms with E-state index in [4.69, 9.17) is 0 Å². The molecule has 0 fully saturated rings. The zero-order chi connectivity index (χ0) is 24.4. The summed E-state index contributed by atoms with van der Waals surface area (Å²) >= 11 is 2.95. The van der Waals surface area contributed by atoms with Crippen LogP contribution in [0.3, 0.4) is 0 Å². The minimum absolute atomic E-state index is 0.0477. The molecule has 5 rings (SSSR count). The standard InChI is InChI=1S/C23H15BrF2N4O4/c1-29(22(32)33)21-27-16-7-6-11(8-17(16)28-21)23(34)14-5-3-2-4-13(14)20(31)30(23)18-10-12(25)9-15(24)19(18)26/h2-10,34H,1H3,(H,27,28)(H,32,33). The van der Waals surface area contributed by atoms with Crippen molar-refractivity contribution in [2.45, 2.75) is 5.72 Å². The minimum atomic E-state index is -2.20. The Morgan fingerprint density at radius 1 is 1.18 bits per heavy atom. The number of halogens is 3. The first-order valence-electron chi connectivity index (χ1n) is 9.90. The number of rotatable bonds is 3. The van der Waals surface area contributed by atoms with Gasteiger partial charge in [-0.2, -0.15) is 0 Å². The van der Waals surface area contributed by atoms with Crippen LogP contribution in [0.1, 0.15) is 21.5 Å². The number of nitrogens with zero attached hydrogens (tertiary/aromatic N) is 3. The van der Waals surface area contributed by atoms with Crippen molar-refractivity contribution in [2.75, 3.05) is 16.8 Å². The molecule has 0 radical (unpaired) electrons. The van der Waals surface area contributed by atoms with Gasteiger partial charge < -0.3 is 15.2 Å². The van der Waals surface area contributed by atoms with Gasteiger partial charge in [0.25, 0.3) is 5.91 Å². The van der Waals surface area contributed by atoms with Crippen LogP contribution < -0.4 is 9.80 Å². The van der Waals surface area contributed by atoms with Crippen molar-refractivity contribution in [1.29, 1.82) is 0 Å². The Morgan fingerprint density at radius 2 is 1.91 bits per heavy atom. The summed E-state index contributed by atoms with van der Waals surface area (Å²) < 4.78 is 29.1. The number of hydrogen-bond donors (Lipinski definition) is 3. The van der Waals surface area contributed by atoms with Gasteiger partial charge in [0.1, 0.15) is 5.82 Å². The molecule has 1 aliphatic heterocycles. The van der Waals surface area contributed by atoms with Crippen molar-refractivity contribution in [3.8, 4) is 0 Å². The lowest BCUT2D eigenvalue weighted by Gasteiger charge is -2.35. The second kappa shape index (κ2) is 7.61. The summed E-state index contributed by atoms with van der Waals surface area (Å²) in [5.74, 6) is -2.40. The molecule has 34 heavy (non-hydrogen) atoms. The second-order valence-electron chi connectivity index (χ2n) is 7.71. The lowest BCUT2D eigenvalue weighted by Crippen LogP contribution is -2.45. The molecule has 11 heteroatoms. The average Bonchev–Trinajstić information content (AvgIpc) is 3.33. The van der Waals surface area contributed by atoms with Gasteiger partial charge in [0.15, 0.2) is 11.5 Å². The van der Waals surface area contributed by atoms with E-state index in [-0.39, 0.29) is 27.1 Å². The van der Waals surface area contributed by atoms with Crippen LogP contribution >= 0.6 is 15.9 Å². The predicted molar refractivity (Wildman–Crippen MR) is 123 cm³/mol. The highest BCUT2D eigenvalue weighted by molar-refractivity contribution is 9.10. The number of aromatic nitrogens is 2. The monoisotopic (exact) mass is 528 g/mol. The van der Waals surface area contributed by atoms with E-state index in [9.17, 15) is 24.2 Å². The van der Waals surface area contributed by atoms with Crippen LogP contribution in [0.15, 0.2) is 59.1 Å². The van der Waals surface area contributed by atoms with Gasteiger partial charge in [-0.3, -0.25) is 14.6 Å². The first kappa shape index (κ1) is 22.0. The Kier molecular flexibility index (Phi) is 4.92. The van der Waals surface area contributed by atoms with Crippen LogP contribution in [0.2, 0.25) is 0 Å². The maximum atomic E-state index is 15.1. The molecule has 3 aromatic carbocycles. The molecule has 172 valence electrons. The fourth-order valence-electron chi connectivity index (χ4n) is 4.09. The number of carbonyl (C=O) groups excluding carboxylic acids is 1. The maximum absolute atomic E-state index is 15.1. The third-order valence-electron chi connectivity index (χ3n) is 5.75. The van der Waals surface area contributed by atoms with Gasteiger partial charge in [-0.05, 0) is 40.2 Å². The molecule has 4 aromatic rings. The normalized spacial score (nSPS) is 17.3. The molecule has 0 aliphatic carbocycles. The molecule has 3 N–H and O–H groups in total. The summed E-state index contributed by atoms with van der Waals surface area (Å²) in [6, 6.07) is 12.5.